The van der Waals surface area contributed by atoms with Gasteiger partial charge in [0.05, 0.1) is 6.04 Å². The van der Waals surface area contributed by atoms with Crippen molar-refractivity contribution in [3.63, 3.8) is 0 Å². The van der Waals surface area contributed by atoms with Crippen molar-refractivity contribution in [3.05, 3.63) is 23.0 Å². The standard InChI is InChI=1S/C10H17N3/c1-7-5-8-3-4-13(2)9(6-11)10(8)12-7/h5,9,12H,3-4,6,11H2,1-2H3. The maximum Gasteiger partial charge on any atom is 0.0622 e. The van der Waals surface area contributed by atoms with Crippen LogP contribution in [0.2, 0.25) is 0 Å². The second-order valence-electron chi connectivity index (χ2n) is 3.87. The Bertz CT molecular complexity index is 303. The van der Waals surface area contributed by atoms with Crippen molar-refractivity contribution in [3.8, 4) is 0 Å². The quantitative estimate of drug-likeness (QED) is 0.670. The number of H-pyrrole nitrogens is 1. The first-order valence-electron chi connectivity index (χ1n) is 4.81. The van der Waals surface area contributed by atoms with E-state index in [1.807, 2.05) is 0 Å². The predicted octanol–water partition coefficient (Wildman–Crippen LogP) is 0.811. The Morgan fingerprint density at radius 1 is 1.69 bits per heavy atom. The number of nitrogens with zero attached hydrogens (tertiary/aromatic N) is 1. The molecule has 0 saturated heterocycles. The van der Waals surface area contributed by atoms with Crippen molar-refractivity contribution in [2.24, 2.45) is 5.73 Å². The van der Waals surface area contributed by atoms with Gasteiger partial charge >= 0.3 is 0 Å². The van der Waals surface area contributed by atoms with Crippen molar-refractivity contribution in [2.75, 3.05) is 20.1 Å². The molecule has 0 saturated carbocycles. The van der Waals surface area contributed by atoms with Crippen LogP contribution in [0.25, 0.3) is 0 Å². The first-order valence-corrected chi connectivity index (χ1v) is 4.81. The minimum Gasteiger partial charge on any atom is -0.361 e. The summed E-state index contributed by atoms with van der Waals surface area (Å²) in [5.41, 5.74) is 9.78. The van der Waals surface area contributed by atoms with E-state index in [2.05, 4.69) is 29.9 Å². The third-order valence-corrected chi connectivity index (χ3v) is 2.89. The van der Waals surface area contributed by atoms with E-state index in [9.17, 15) is 0 Å². The van der Waals surface area contributed by atoms with Crippen LogP contribution in [-0.2, 0) is 6.42 Å². The molecule has 0 amide bonds. The first kappa shape index (κ1) is 8.78. The molecule has 13 heavy (non-hydrogen) atoms. The fraction of sp³-hybridized carbons (Fsp3) is 0.600. The largest absolute Gasteiger partial charge is 0.361 e. The number of nitrogens with one attached hydrogen (secondary N) is 1. The number of aromatic nitrogens is 1. The lowest BCUT2D eigenvalue weighted by Gasteiger charge is -2.31. The SMILES string of the molecule is Cc1cc2c([nH]1)C(CN)N(C)CC2. The van der Waals surface area contributed by atoms with Crippen molar-refractivity contribution in [1.29, 1.82) is 0 Å². The highest BCUT2D eigenvalue weighted by molar-refractivity contribution is 5.30. The first-order chi connectivity index (χ1) is 6.22. The van der Waals surface area contributed by atoms with Crippen molar-refractivity contribution < 1.29 is 0 Å². The maximum absolute atomic E-state index is 5.76. The van der Waals surface area contributed by atoms with Crippen molar-refractivity contribution >= 4 is 0 Å². The summed E-state index contributed by atoms with van der Waals surface area (Å²) in [6.45, 7) is 3.92. The van der Waals surface area contributed by atoms with Gasteiger partial charge in [-0.25, -0.2) is 0 Å². The van der Waals surface area contributed by atoms with Crippen LogP contribution in [0.4, 0.5) is 0 Å². The van der Waals surface area contributed by atoms with Crippen LogP contribution in [0.5, 0.6) is 0 Å². The zero-order valence-electron chi connectivity index (χ0n) is 8.30. The number of hydrogen-bond acceptors (Lipinski definition) is 2. The molecule has 1 unspecified atom stereocenters. The number of aromatic amines is 1. The van der Waals surface area contributed by atoms with Gasteiger partial charge in [-0.15, -0.1) is 0 Å². The highest BCUT2D eigenvalue weighted by Gasteiger charge is 2.24. The molecule has 1 aromatic rings. The molecule has 1 aliphatic heterocycles. The summed E-state index contributed by atoms with van der Waals surface area (Å²) in [6.07, 6.45) is 1.15. The molecule has 1 atom stereocenters. The van der Waals surface area contributed by atoms with Crippen LogP contribution in [0.15, 0.2) is 6.07 Å². The number of likely N-dealkylation sites (N-methyl/N-ethyl adjacent to an activating group) is 1. The Balaban J connectivity index is 2.38. The van der Waals surface area contributed by atoms with Gasteiger partial charge in [-0.3, -0.25) is 4.90 Å². The molecule has 2 rings (SSSR count). The molecule has 1 aliphatic rings. The average molecular weight is 179 g/mol. The molecular weight excluding hydrogens is 162 g/mol. The van der Waals surface area contributed by atoms with E-state index in [0.717, 1.165) is 13.0 Å². The highest BCUT2D eigenvalue weighted by atomic mass is 15.2. The van der Waals surface area contributed by atoms with E-state index in [-0.39, 0.29) is 0 Å². The molecule has 0 fully saturated rings. The summed E-state index contributed by atoms with van der Waals surface area (Å²) in [5, 5.41) is 0. The van der Waals surface area contributed by atoms with Gasteiger partial charge in [0.2, 0.25) is 0 Å². The van der Waals surface area contributed by atoms with Crippen molar-refractivity contribution in [1.82, 2.24) is 9.88 Å². The molecule has 0 spiro atoms. The van der Waals surface area contributed by atoms with E-state index < -0.39 is 0 Å². The number of fused-ring (bicyclic) bond motifs is 1. The normalized spacial score (nSPS) is 23.2. The zero-order valence-corrected chi connectivity index (χ0v) is 8.30. The molecule has 3 N–H and O–H groups in total. The molecule has 0 aromatic carbocycles. The van der Waals surface area contributed by atoms with Crippen molar-refractivity contribution in [2.45, 2.75) is 19.4 Å². The maximum atomic E-state index is 5.76. The molecule has 3 heteroatoms. The van der Waals surface area contributed by atoms with Gasteiger partial charge in [0.15, 0.2) is 0 Å². The summed E-state index contributed by atoms with van der Waals surface area (Å²) >= 11 is 0. The van der Waals surface area contributed by atoms with E-state index in [1.54, 1.807) is 0 Å². The second kappa shape index (κ2) is 3.16. The predicted molar refractivity (Wildman–Crippen MR) is 53.7 cm³/mol. The van der Waals surface area contributed by atoms with Gasteiger partial charge in [0.25, 0.3) is 0 Å². The van der Waals surface area contributed by atoms with Gasteiger partial charge in [-0.2, -0.15) is 0 Å². The lowest BCUT2D eigenvalue weighted by molar-refractivity contribution is 0.232. The summed E-state index contributed by atoms with van der Waals surface area (Å²) in [4.78, 5) is 5.72. The van der Waals surface area contributed by atoms with Gasteiger partial charge in [0, 0.05) is 24.5 Å². The second-order valence-corrected chi connectivity index (χ2v) is 3.87. The lowest BCUT2D eigenvalue weighted by Crippen LogP contribution is -2.36. The number of rotatable bonds is 1. The van der Waals surface area contributed by atoms with Crippen LogP contribution >= 0.6 is 0 Å². The number of hydrogen-bond donors (Lipinski definition) is 2. The highest BCUT2D eigenvalue weighted by Crippen LogP contribution is 2.27. The minimum atomic E-state index is 0.387. The molecular formula is C10H17N3. The monoisotopic (exact) mass is 179 g/mol. The summed E-state index contributed by atoms with van der Waals surface area (Å²) in [7, 11) is 2.14. The Hall–Kier alpha value is -0.800. The van der Waals surface area contributed by atoms with Gasteiger partial charge in [0.1, 0.15) is 0 Å². The van der Waals surface area contributed by atoms with Crippen LogP contribution in [0.1, 0.15) is 23.0 Å². The molecule has 72 valence electrons. The van der Waals surface area contributed by atoms with E-state index >= 15 is 0 Å². The van der Waals surface area contributed by atoms with Gasteiger partial charge in [-0.05, 0) is 32.0 Å². The van der Waals surface area contributed by atoms with Gasteiger partial charge in [-0.1, -0.05) is 0 Å². The fourth-order valence-corrected chi connectivity index (χ4v) is 2.14. The molecule has 2 heterocycles. The lowest BCUT2D eigenvalue weighted by atomic mass is 10.0. The Morgan fingerprint density at radius 2 is 2.46 bits per heavy atom. The summed E-state index contributed by atoms with van der Waals surface area (Å²) in [6, 6.07) is 2.63. The molecule has 0 bridgehead atoms. The Labute approximate surface area is 78.9 Å². The molecule has 3 nitrogen and oxygen atoms in total. The molecule has 0 radical (unpaired) electrons. The van der Waals surface area contributed by atoms with E-state index in [4.69, 9.17) is 5.73 Å². The van der Waals surface area contributed by atoms with Crippen LogP contribution in [0.3, 0.4) is 0 Å². The smallest absolute Gasteiger partial charge is 0.0622 e. The number of nitrogens with two attached hydrogens (primary N) is 1. The van der Waals surface area contributed by atoms with Crippen LogP contribution in [0, 0.1) is 6.92 Å². The van der Waals surface area contributed by atoms with Gasteiger partial charge < -0.3 is 10.7 Å². The average Bonchev–Trinajstić information content (AvgIpc) is 2.45. The molecule has 1 aromatic heterocycles. The molecule has 0 aliphatic carbocycles. The summed E-state index contributed by atoms with van der Waals surface area (Å²) in [5.74, 6) is 0. The fourth-order valence-electron chi connectivity index (χ4n) is 2.14. The summed E-state index contributed by atoms with van der Waals surface area (Å²) < 4.78 is 0. The van der Waals surface area contributed by atoms with Crippen LogP contribution < -0.4 is 5.73 Å². The zero-order chi connectivity index (χ0) is 9.42. The Kier molecular flexibility index (Phi) is 2.14. The Morgan fingerprint density at radius 3 is 3.15 bits per heavy atom. The third-order valence-electron chi connectivity index (χ3n) is 2.89. The minimum absolute atomic E-state index is 0.387. The van der Waals surface area contributed by atoms with Crippen LogP contribution in [-0.4, -0.2) is 30.0 Å². The third kappa shape index (κ3) is 1.38. The van der Waals surface area contributed by atoms with E-state index in [1.165, 1.54) is 17.0 Å². The number of aryl methyl sites for hydroxylation is 1. The topological polar surface area (TPSA) is 45.1 Å². The van der Waals surface area contributed by atoms with E-state index in [0.29, 0.717) is 12.6 Å².